The topological polar surface area (TPSA) is 140 Å². The average molecular weight is 442 g/mol. The van der Waals surface area contributed by atoms with E-state index in [2.05, 4.69) is 15.5 Å². The third-order valence-corrected chi connectivity index (χ3v) is 6.63. The number of sulfone groups is 1. The molecule has 162 valence electrons. The van der Waals surface area contributed by atoms with E-state index in [9.17, 15) is 13.2 Å². The summed E-state index contributed by atoms with van der Waals surface area (Å²) in [5, 5.41) is 15.1. The lowest BCUT2D eigenvalue weighted by Crippen LogP contribution is -2.20. The van der Waals surface area contributed by atoms with Crippen LogP contribution in [0, 0.1) is 11.8 Å². The number of nitrogens with two attached hydrogens (primary N) is 1. The minimum Gasteiger partial charge on any atom is -0.411 e. The summed E-state index contributed by atoms with van der Waals surface area (Å²) in [4.78, 5) is 16.6. The Bertz CT molecular complexity index is 1240. The highest BCUT2D eigenvalue weighted by molar-refractivity contribution is 7.90. The maximum atomic E-state index is 12.7. The predicted octanol–water partition coefficient (Wildman–Crippen LogP) is 2.24. The Balaban J connectivity index is 1.43. The van der Waals surface area contributed by atoms with Crippen LogP contribution >= 0.6 is 0 Å². The number of oxime groups is 1. The molecule has 2 aromatic rings. The molecule has 0 unspecified atom stereocenters. The summed E-state index contributed by atoms with van der Waals surface area (Å²) in [6, 6.07) is 6.90. The molecule has 1 heterocycles. The molecule has 0 spiro atoms. The average Bonchev–Trinajstić information content (AvgIpc) is 3.35. The van der Waals surface area contributed by atoms with E-state index in [-0.39, 0.29) is 22.9 Å². The van der Waals surface area contributed by atoms with E-state index in [1.807, 2.05) is 13.0 Å². The second-order valence-electron chi connectivity index (χ2n) is 7.79. The van der Waals surface area contributed by atoms with Gasteiger partial charge in [0.05, 0.1) is 5.70 Å². The largest absolute Gasteiger partial charge is 0.411 e. The van der Waals surface area contributed by atoms with Crippen molar-refractivity contribution >= 4 is 27.1 Å². The lowest BCUT2D eigenvalue weighted by atomic mass is 9.91. The second kappa shape index (κ2) is 7.69. The molecule has 2 atom stereocenters. The molecular weight excluding hydrogens is 418 g/mol. The van der Waals surface area contributed by atoms with Crippen LogP contribution in [0.25, 0.3) is 5.69 Å². The van der Waals surface area contributed by atoms with E-state index in [0.29, 0.717) is 29.2 Å². The number of hydrogen-bond acceptors (Lipinski definition) is 7. The van der Waals surface area contributed by atoms with Gasteiger partial charge in [0.1, 0.15) is 5.71 Å². The van der Waals surface area contributed by atoms with E-state index in [4.69, 9.17) is 10.9 Å². The lowest BCUT2D eigenvalue weighted by molar-refractivity contribution is -0.117. The summed E-state index contributed by atoms with van der Waals surface area (Å²) < 4.78 is 25.2. The zero-order chi connectivity index (χ0) is 22.3. The number of aromatic nitrogens is 2. The third-order valence-electron chi connectivity index (χ3n) is 5.66. The van der Waals surface area contributed by atoms with Gasteiger partial charge in [-0.1, -0.05) is 11.2 Å². The minimum atomic E-state index is -3.46. The number of nitrogens with zero attached hydrogens (tertiary/aromatic N) is 3. The van der Waals surface area contributed by atoms with Gasteiger partial charge in [0, 0.05) is 42.4 Å². The fourth-order valence-electron chi connectivity index (χ4n) is 3.90. The number of imidazole rings is 1. The molecular formula is C21H23N5O4S. The molecule has 1 fully saturated rings. The molecule has 2 aliphatic carbocycles. The highest BCUT2D eigenvalue weighted by Gasteiger charge is 2.46. The molecule has 2 aliphatic rings. The van der Waals surface area contributed by atoms with Crippen LogP contribution in [0.2, 0.25) is 0 Å². The van der Waals surface area contributed by atoms with Crippen molar-refractivity contribution in [1.82, 2.24) is 9.55 Å². The first kappa shape index (κ1) is 20.9. The van der Waals surface area contributed by atoms with Crippen LogP contribution in [-0.4, -0.2) is 41.1 Å². The van der Waals surface area contributed by atoms with Gasteiger partial charge in [0.2, 0.25) is 20.9 Å². The minimum absolute atomic E-state index is 0.0389. The maximum Gasteiger partial charge on any atom is 0.231 e. The van der Waals surface area contributed by atoms with Crippen LogP contribution < -0.4 is 11.1 Å². The van der Waals surface area contributed by atoms with Crippen molar-refractivity contribution in [2.75, 3.05) is 11.6 Å². The van der Waals surface area contributed by atoms with E-state index in [0.717, 1.165) is 23.8 Å². The number of nitrogens with one attached hydrogen (secondary N) is 1. The van der Waals surface area contributed by atoms with Crippen molar-refractivity contribution in [1.29, 1.82) is 0 Å². The van der Waals surface area contributed by atoms with Crippen LogP contribution in [0.4, 0.5) is 5.69 Å². The third kappa shape index (κ3) is 3.98. The van der Waals surface area contributed by atoms with Gasteiger partial charge in [-0.2, -0.15) is 0 Å². The Hall–Kier alpha value is -3.40. The lowest BCUT2D eigenvalue weighted by Gasteiger charge is -2.17. The Kier molecular flexibility index (Phi) is 5.18. The van der Waals surface area contributed by atoms with Crippen LogP contribution in [-0.2, 0) is 14.6 Å². The zero-order valence-electron chi connectivity index (χ0n) is 17.1. The Morgan fingerprint density at radius 2 is 2.03 bits per heavy atom. The molecule has 1 saturated carbocycles. The fourth-order valence-corrected chi connectivity index (χ4v) is 4.67. The first-order valence-electron chi connectivity index (χ1n) is 9.73. The van der Waals surface area contributed by atoms with Gasteiger partial charge in [0.15, 0.2) is 0 Å². The Morgan fingerprint density at radius 3 is 2.68 bits per heavy atom. The van der Waals surface area contributed by atoms with E-state index in [1.54, 1.807) is 30.5 Å². The zero-order valence-corrected chi connectivity index (χ0v) is 17.9. The van der Waals surface area contributed by atoms with Gasteiger partial charge < -0.3 is 16.3 Å². The smallest absolute Gasteiger partial charge is 0.231 e. The van der Waals surface area contributed by atoms with Gasteiger partial charge in [-0.05, 0) is 54.7 Å². The summed E-state index contributed by atoms with van der Waals surface area (Å²) >= 11 is 0. The van der Waals surface area contributed by atoms with Gasteiger partial charge >= 0.3 is 0 Å². The molecule has 9 nitrogen and oxygen atoms in total. The van der Waals surface area contributed by atoms with Crippen molar-refractivity contribution in [3.05, 3.63) is 59.6 Å². The quantitative estimate of drug-likeness (QED) is 0.480. The highest BCUT2D eigenvalue weighted by Crippen LogP contribution is 2.48. The van der Waals surface area contributed by atoms with Crippen molar-refractivity contribution in [3.8, 4) is 5.69 Å². The first-order chi connectivity index (χ1) is 14.7. The number of anilines is 1. The standard InChI is InChI=1S/C21H23N5O4S/c1-12-15(7-8-18(25-28)19(12)22)16-11-17(16)20(27)24-13-3-5-14(6-4-13)26-10-9-23-21(26)31(2,29)30/h3-7,9-10,16-17,28H,8,11,22H2,1-2H3,(H,24,27)/t16-,17-/m1/s1. The van der Waals surface area contributed by atoms with Gasteiger partial charge in [-0.3, -0.25) is 9.36 Å². The number of carbonyl (C=O) groups excluding carboxylic acids is 1. The van der Waals surface area contributed by atoms with Crippen LogP contribution in [0.1, 0.15) is 19.8 Å². The molecule has 31 heavy (non-hydrogen) atoms. The van der Waals surface area contributed by atoms with Crippen LogP contribution in [0.5, 0.6) is 0 Å². The number of benzene rings is 1. The molecule has 0 bridgehead atoms. The Labute approximate surface area is 179 Å². The van der Waals surface area contributed by atoms with Gasteiger partial charge in [0.25, 0.3) is 0 Å². The number of hydrogen-bond donors (Lipinski definition) is 3. The molecule has 4 rings (SSSR count). The number of carbonyl (C=O) groups is 1. The summed E-state index contributed by atoms with van der Waals surface area (Å²) in [7, 11) is -3.46. The monoisotopic (exact) mass is 441 g/mol. The summed E-state index contributed by atoms with van der Waals surface area (Å²) in [5.41, 5.74) is 10.1. The van der Waals surface area contributed by atoms with Crippen LogP contribution in [0.3, 0.4) is 0 Å². The number of amides is 1. The van der Waals surface area contributed by atoms with Gasteiger partial charge in [-0.15, -0.1) is 0 Å². The van der Waals surface area contributed by atoms with Crippen LogP contribution in [0.15, 0.2) is 69.9 Å². The molecule has 1 amide bonds. The maximum absolute atomic E-state index is 12.7. The number of allylic oxidation sites excluding steroid dienone is 4. The second-order valence-corrected chi connectivity index (χ2v) is 9.70. The predicted molar refractivity (Wildman–Crippen MR) is 116 cm³/mol. The van der Waals surface area contributed by atoms with Crippen molar-refractivity contribution < 1.29 is 18.4 Å². The fraction of sp³-hybridized carbons (Fsp3) is 0.286. The number of rotatable bonds is 5. The molecule has 0 radical (unpaired) electrons. The van der Waals surface area contributed by atoms with E-state index >= 15 is 0 Å². The Morgan fingerprint density at radius 1 is 1.32 bits per heavy atom. The van der Waals surface area contributed by atoms with Gasteiger partial charge in [-0.25, -0.2) is 13.4 Å². The van der Waals surface area contributed by atoms with E-state index in [1.165, 1.54) is 10.8 Å². The summed E-state index contributed by atoms with van der Waals surface area (Å²) in [6.07, 6.45) is 7.26. The van der Waals surface area contributed by atoms with Crippen molar-refractivity contribution in [2.45, 2.75) is 24.9 Å². The summed E-state index contributed by atoms with van der Waals surface area (Å²) in [5.74, 6) is -0.126. The molecule has 1 aromatic heterocycles. The highest BCUT2D eigenvalue weighted by atomic mass is 32.2. The molecule has 0 saturated heterocycles. The molecule has 4 N–H and O–H groups in total. The normalized spacial score (nSPS) is 22.4. The molecule has 1 aromatic carbocycles. The molecule has 0 aliphatic heterocycles. The first-order valence-corrected chi connectivity index (χ1v) is 11.6. The van der Waals surface area contributed by atoms with Crippen molar-refractivity contribution in [2.24, 2.45) is 22.7 Å². The SMILES string of the molecule is CC1=C(N)C(=NO)CC=C1[C@H]1C[C@H]1C(=O)Nc1ccc(-n2ccnc2S(C)(=O)=O)cc1. The van der Waals surface area contributed by atoms with Crippen molar-refractivity contribution in [3.63, 3.8) is 0 Å². The summed E-state index contributed by atoms with van der Waals surface area (Å²) in [6.45, 7) is 1.87. The van der Waals surface area contributed by atoms with E-state index < -0.39 is 9.84 Å². The molecule has 10 heteroatoms.